The first-order valence-corrected chi connectivity index (χ1v) is 12.2. The van der Waals surface area contributed by atoms with Crippen molar-refractivity contribution in [3.63, 3.8) is 0 Å². The van der Waals surface area contributed by atoms with Crippen molar-refractivity contribution in [2.45, 2.75) is 24.7 Å². The zero-order chi connectivity index (χ0) is 21.8. The summed E-state index contributed by atoms with van der Waals surface area (Å²) < 4.78 is 33.3. The van der Waals surface area contributed by atoms with Gasteiger partial charge in [-0.2, -0.15) is 4.31 Å². The smallest absolute Gasteiger partial charge is 0.248 e. The van der Waals surface area contributed by atoms with E-state index < -0.39 is 10.0 Å². The second-order valence-electron chi connectivity index (χ2n) is 7.22. The number of rotatable bonds is 6. The fourth-order valence-corrected chi connectivity index (χ4v) is 5.85. The van der Waals surface area contributed by atoms with Crippen LogP contribution in [0.4, 0.5) is 5.69 Å². The highest BCUT2D eigenvalue weighted by Crippen LogP contribution is 2.29. The molecule has 1 amide bonds. The van der Waals surface area contributed by atoms with Gasteiger partial charge in [-0.15, -0.1) is 11.3 Å². The van der Waals surface area contributed by atoms with Crippen LogP contribution < -0.4 is 5.32 Å². The second-order valence-corrected chi connectivity index (χ2v) is 10.1. The number of piperidine rings is 1. The maximum atomic E-state index is 13.3. The van der Waals surface area contributed by atoms with Gasteiger partial charge in [0.2, 0.25) is 15.9 Å². The lowest BCUT2D eigenvalue weighted by molar-refractivity contribution is -0.120. The molecule has 0 aliphatic carbocycles. The van der Waals surface area contributed by atoms with Crippen LogP contribution in [0.2, 0.25) is 0 Å². The van der Waals surface area contributed by atoms with Crippen LogP contribution in [0.5, 0.6) is 0 Å². The van der Waals surface area contributed by atoms with Crippen molar-refractivity contribution < 1.29 is 17.7 Å². The van der Waals surface area contributed by atoms with Gasteiger partial charge in [0, 0.05) is 30.1 Å². The van der Waals surface area contributed by atoms with Gasteiger partial charge in [0.05, 0.1) is 11.9 Å². The molecule has 31 heavy (non-hydrogen) atoms. The third-order valence-corrected chi connectivity index (χ3v) is 8.02. The summed E-state index contributed by atoms with van der Waals surface area (Å²) in [7, 11) is -3.79. The number of aryl methyl sites for hydroxylation is 1. The summed E-state index contributed by atoms with van der Waals surface area (Å²) in [6.45, 7) is 2.13. The lowest BCUT2D eigenvalue weighted by Gasteiger charge is -2.30. The Bertz CT molecular complexity index is 1160. The molecule has 0 aromatic carbocycles. The van der Waals surface area contributed by atoms with Crippen LogP contribution in [0, 0.1) is 12.8 Å². The van der Waals surface area contributed by atoms with E-state index in [0.717, 1.165) is 4.88 Å². The van der Waals surface area contributed by atoms with Crippen LogP contribution in [0.25, 0.3) is 12.2 Å². The molecule has 1 N–H and O–H groups in total. The van der Waals surface area contributed by atoms with E-state index in [2.05, 4.69) is 15.5 Å². The fraction of sp³-hybridized carbons (Fsp3) is 0.286. The van der Waals surface area contributed by atoms with Crippen LogP contribution in [0.1, 0.15) is 29.2 Å². The van der Waals surface area contributed by atoms with Crippen molar-refractivity contribution in [3.05, 3.63) is 58.4 Å². The minimum Gasteiger partial charge on any atom is -0.355 e. The number of anilines is 1. The van der Waals surface area contributed by atoms with E-state index in [1.165, 1.54) is 4.31 Å². The first-order chi connectivity index (χ1) is 14.9. The lowest BCUT2D eigenvalue weighted by Crippen LogP contribution is -2.41. The van der Waals surface area contributed by atoms with E-state index in [0.29, 0.717) is 24.2 Å². The molecule has 10 heteroatoms. The van der Waals surface area contributed by atoms with Gasteiger partial charge in [0.1, 0.15) is 5.69 Å². The Morgan fingerprint density at radius 2 is 2.06 bits per heavy atom. The average molecular weight is 459 g/mol. The average Bonchev–Trinajstić information content (AvgIpc) is 3.42. The van der Waals surface area contributed by atoms with Gasteiger partial charge in [-0.3, -0.25) is 9.78 Å². The van der Waals surface area contributed by atoms with Crippen LogP contribution in [0.3, 0.4) is 0 Å². The van der Waals surface area contributed by atoms with Crippen LogP contribution in [0.15, 0.2) is 51.5 Å². The zero-order valence-corrected chi connectivity index (χ0v) is 18.5. The number of pyridine rings is 1. The van der Waals surface area contributed by atoms with Gasteiger partial charge < -0.3 is 9.84 Å². The highest BCUT2D eigenvalue weighted by molar-refractivity contribution is 7.89. The normalized spacial score (nSPS) is 16.0. The maximum Gasteiger partial charge on any atom is 0.248 e. The number of sulfonamides is 1. The van der Waals surface area contributed by atoms with E-state index in [1.54, 1.807) is 54.9 Å². The predicted molar refractivity (Wildman–Crippen MR) is 119 cm³/mol. The largest absolute Gasteiger partial charge is 0.355 e. The molecular formula is C21H22N4O4S2. The van der Waals surface area contributed by atoms with E-state index in [-0.39, 0.29) is 35.6 Å². The molecule has 0 spiro atoms. The number of carbonyl (C=O) groups excluding carboxylic acids is 1. The van der Waals surface area contributed by atoms with Crippen LogP contribution in [-0.2, 0) is 14.8 Å². The molecule has 1 saturated heterocycles. The summed E-state index contributed by atoms with van der Waals surface area (Å²) in [4.78, 5) is 17.6. The summed E-state index contributed by atoms with van der Waals surface area (Å²) >= 11 is 1.54. The molecule has 0 atom stereocenters. The summed E-state index contributed by atoms with van der Waals surface area (Å²) in [6, 6.07) is 7.36. The zero-order valence-electron chi connectivity index (χ0n) is 16.9. The highest BCUT2D eigenvalue weighted by atomic mass is 32.2. The fourth-order valence-electron chi connectivity index (χ4n) is 3.51. The van der Waals surface area contributed by atoms with Gasteiger partial charge in [-0.05, 0) is 55.5 Å². The molecule has 3 aromatic heterocycles. The molecule has 4 rings (SSSR count). The number of thiophene rings is 1. The molecule has 8 nitrogen and oxygen atoms in total. The minimum atomic E-state index is -3.79. The molecule has 4 heterocycles. The Morgan fingerprint density at radius 1 is 1.26 bits per heavy atom. The number of nitrogens with zero attached hydrogens (tertiary/aromatic N) is 3. The van der Waals surface area contributed by atoms with Crippen molar-refractivity contribution in [1.29, 1.82) is 0 Å². The van der Waals surface area contributed by atoms with Gasteiger partial charge >= 0.3 is 0 Å². The monoisotopic (exact) mass is 458 g/mol. The molecule has 162 valence electrons. The number of hydrogen-bond acceptors (Lipinski definition) is 7. The topological polar surface area (TPSA) is 105 Å². The Labute approximate surface area is 184 Å². The summed E-state index contributed by atoms with van der Waals surface area (Å²) in [5.41, 5.74) is 0.951. The first kappa shape index (κ1) is 21.4. The Hall–Kier alpha value is -2.82. The number of amides is 1. The lowest BCUT2D eigenvalue weighted by atomic mass is 9.97. The van der Waals surface area contributed by atoms with E-state index >= 15 is 0 Å². The molecule has 1 aliphatic heterocycles. The van der Waals surface area contributed by atoms with Crippen molar-refractivity contribution >= 4 is 45.1 Å². The van der Waals surface area contributed by atoms with Crippen molar-refractivity contribution in [2.75, 3.05) is 18.4 Å². The molecule has 0 unspecified atom stereocenters. The number of hydrogen-bond donors (Lipinski definition) is 1. The molecular weight excluding hydrogens is 436 g/mol. The standard InChI is InChI=1S/C21H22N4O4S2/c1-15-20(19(29-24-15)7-6-18-5-3-13-30-18)31(27,28)25-11-8-16(9-12-25)21(26)23-17-4-2-10-22-14-17/h2-7,10,13-14,16H,8-9,11-12H2,1H3,(H,23,26). The Balaban J connectivity index is 1.45. The van der Waals surface area contributed by atoms with Crippen molar-refractivity contribution in [1.82, 2.24) is 14.4 Å². The summed E-state index contributed by atoms with van der Waals surface area (Å²) in [5, 5.41) is 8.65. The van der Waals surface area contributed by atoms with Crippen molar-refractivity contribution in [3.8, 4) is 0 Å². The molecule has 1 aliphatic rings. The summed E-state index contributed by atoms with van der Waals surface area (Å²) in [6.07, 6.45) is 7.53. The van der Waals surface area contributed by atoms with Crippen LogP contribution in [-0.4, -0.2) is 41.9 Å². The second kappa shape index (κ2) is 9.13. The van der Waals surface area contributed by atoms with Gasteiger partial charge in [0.15, 0.2) is 10.7 Å². The third-order valence-electron chi connectivity index (χ3n) is 5.13. The molecule has 1 fully saturated rings. The number of carbonyl (C=O) groups is 1. The third kappa shape index (κ3) is 4.76. The van der Waals surface area contributed by atoms with Crippen molar-refractivity contribution in [2.24, 2.45) is 5.92 Å². The quantitative estimate of drug-likeness (QED) is 0.604. The van der Waals surface area contributed by atoms with Gasteiger partial charge in [-0.1, -0.05) is 11.2 Å². The molecule has 3 aromatic rings. The molecule has 0 radical (unpaired) electrons. The summed E-state index contributed by atoms with van der Waals surface area (Å²) in [5.74, 6) is -0.165. The van der Waals surface area contributed by atoms with E-state index in [9.17, 15) is 13.2 Å². The predicted octanol–water partition coefficient (Wildman–Crippen LogP) is 3.65. The number of nitrogens with one attached hydrogen (secondary N) is 1. The number of aromatic nitrogens is 2. The minimum absolute atomic E-state index is 0.0820. The first-order valence-electron chi connectivity index (χ1n) is 9.84. The van der Waals surface area contributed by atoms with Crippen LogP contribution >= 0.6 is 11.3 Å². The Morgan fingerprint density at radius 3 is 2.74 bits per heavy atom. The van der Waals surface area contributed by atoms with E-state index in [4.69, 9.17) is 4.52 Å². The molecule has 0 bridgehead atoms. The maximum absolute atomic E-state index is 13.3. The molecule has 0 saturated carbocycles. The SMILES string of the molecule is Cc1noc(C=Cc2cccs2)c1S(=O)(=O)N1CCC(C(=O)Nc2cccnc2)CC1. The van der Waals surface area contributed by atoms with E-state index in [1.807, 2.05) is 17.5 Å². The van der Waals surface area contributed by atoms with Gasteiger partial charge in [0.25, 0.3) is 0 Å². The highest BCUT2D eigenvalue weighted by Gasteiger charge is 2.35. The van der Waals surface area contributed by atoms with Gasteiger partial charge in [-0.25, -0.2) is 8.42 Å². The Kier molecular flexibility index (Phi) is 6.30.